The maximum atomic E-state index is 12.4. The molecule has 1 atom stereocenters. The third-order valence-electron chi connectivity index (χ3n) is 14.4. The first-order chi connectivity index (χ1) is 42.6. The molecule has 0 aliphatic rings. The number of carbonyl (C=O) groups is 2. The van der Waals surface area contributed by atoms with Crippen LogP contribution in [0.25, 0.3) is 0 Å². The zero-order valence-electron chi connectivity index (χ0n) is 55.2. The van der Waals surface area contributed by atoms with Gasteiger partial charge in [-0.2, -0.15) is 0 Å². The third-order valence-corrected chi connectivity index (χ3v) is 14.4. The molecule has 5 nitrogen and oxygen atoms in total. The van der Waals surface area contributed by atoms with Gasteiger partial charge in [0.1, 0.15) is 6.61 Å². The molecular formula is C81H128O5. The van der Waals surface area contributed by atoms with Crippen LogP contribution in [0.3, 0.4) is 0 Å². The van der Waals surface area contributed by atoms with Crippen molar-refractivity contribution in [2.75, 3.05) is 13.2 Å². The van der Waals surface area contributed by atoms with Gasteiger partial charge in [-0.3, -0.25) is 9.59 Å². The van der Waals surface area contributed by atoms with Gasteiger partial charge in [-0.1, -0.05) is 324 Å². The Balaban J connectivity index is 3.57. The van der Waals surface area contributed by atoms with Gasteiger partial charge in [-0.15, -0.1) is 0 Å². The Hall–Kier alpha value is -5.26. The summed E-state index contributed by atoms with van der Waals surface area (Å²) >= 11 is 0. The van der Waals surface area contributed by atoms with Gasteiger partial charge >= 0.3 is 11.9 Å². The molecule has 5 heteroatoms. The maximum absolute atomic E-state index is 12.4. The maximum Gasteiger partial charge on any atom is 0.306 e. The minimum atomic E-state index is -0.790. The first-order valence-electron chi connectivity index (χ1n) is 35.0. The van der Waals surface area contributed by atoms with E-state index in [1.165, 1.54) is 116 Å². The van der Waals surface area contributed by atoms with Crippen molar-refractivity contribution in [3.05, 3.63) is 194 Å². The van der Waals surface area contributed by atoms with E-state index in [0.29, 0.717) is 12.8 Å². The van der Waals surface area contributed by atoms with Crippen LogP contribution in [0.2, 0.25) is 0 Å². The quantitative estimate of drug-likeness (QED) is 0.0373. The lowest BCUT2D eigenvalue weighted by molar-refractivity contribution is -0.161. The Morgan fingerprint density at radius 1 is 0.267 bits per heavy atom. The number of carbonyl (C=O) groups excluding carboxylic acids is 2. The van der Waals surface area contributed by atoms with E-state index < -0.39 is 6.10 Å². The Kier molecular flexibility index (Phi) is 69.5. The highest BCUT2D eigenvalue weighted by Crippen LogP contribution is 2.16. The molecule has 0 heterocycles. The van der Waals surface area contributed by atoms with Crippen LogP contribution in [0.5, 0.6) is 0 Å². The van der Waals surface area contributed by atoms with E-state index in [-0.39, 0.29) is 25.2 Å². The fraction of sp³-hybridized carbons (Fsp3) is 0.580. The molecular weight excluding hydrogens is 1050 g/mol. The van der Waals surface area contributed by atoms with E-state index in [1.54, 1.807) is 0 Å². The van der Waals surface area contributed by atoms with Crippen molar-refractivity contribution >= 4 is 11.9 Å². The van der Waals surface area contributed by atoms with Crippen molar-refractivity contribution in [1.29, 1.82) is 0 Å². The molecule has 0 saturated heterocycles. The zero-order valence-corrected chi connectivity index (χ0v) is 55.2. The second kappa shape index (κ2) is 74.0. The van der Waals surface area contributed by atoms with Gasteiger partial charge in [0.25, 0.3) is 0 Å². The normalized spacial score (nSPS) is 13.5. The number of rotatable bonds is 62. The van der Waals surface area contributed by atoms with Gasteiger partial charge in [-0.25, -0.2) is 0 Å². The Morgan fingerprint density at radius 2 is 0.465 bits per heavy atom. The largest absolute Gasteiger partial charge is 0.462 e. The smallest absolute Gasteiger partial charge is 0.306 e. The van der Waals surface area contributed by atoms with Gasteiger partial charge in [0.15, 0.2) is 6.10 Å². The van der Waals surface area contributed by atoms with E-state index in [0.717, 1.165) is 141 Å². The van der Waals surface area contributed by atoms with Gasteiger partial charge < -0.3 is 14.6 Å². The average molecular weight is 1180 g/mol. The number of esters is 2. The summed E-state index contributed by atoms with van der Waals surface area (Å²) in [6, 6.07) is 0. The molecule has 1 N–H and O–H groups in total. The van der Waals surface area contributed by atoms with E-state index in [9.17, 15) is 14.7 Å². The van der Waals surface area contributed by atoms with Gasteiger partial charge in [0, 0.05) is 12.8 Å². The number of hydrogen-bond donors (Lipinski definition) is 1. The third kappa shape index (κ3) is 71.2. The number of unbranched alkanes of at least 4 members (excludes halogenated alkanes) is 22. The molecule has 0 fully saturated rings. The van der Waals surface area contributed by atoms with Crippen molar-refractivity contribution in [1.82, 2.24) is 0 Å². The first-order valence-corrected chi connectivity index (χ1v) is 35.0. The second-order valence-corrected chi connectivity index (χ2v) is 22.5. The lowest BCUT2D eigenvalue weighted by Gasteiger charge is -2.15. The minimum Gasteiger partial charge on any atom is -0.462 e. The SMILES string of the molecule is CC/C=C\C/C=C\C/C=C\C/C=C\C/C=C\C/C=C\C/C=C\C/C=C\CCCCCCCCCCCCCCC(=O)OC(CO)COC(=O)CCCCCCCCCCCC/C=C\C/C=C\C/C=C\C/C=C\C/C=C\C/C=C\C/C=C\C/C=C\CC. The molecule has 0 bridgehead atoms. The predicted octanol–water partition coefficient (Wildman–Crippen LogP) is 24.8. The Morgan fingerprint density at radius 3 is 0.698 bits per heavy atom. The lowest BCUT2D eigenvalue weighted by Crippen LogP contribution is -2.28. The Bertz CT molecular complexity index is 1970. The molecule has 0 aliphatic heterocycles. The number of aliphatic hydroxyl groups excluding tert-OH is 1. The summed E-state index contributed by atoms with van der Waals surface area (Å²) in [5, 5.41) is 9.71. The van der Waals surface area contributed by atoms with Crippen LogP contribution in [0, 0.1) is 0 Å². The summed E-state index contributed by atoms with van der Waals surface area (Å²) in [7, 11) is 0. The molecule has 0 aromatic heterocycles. The summed E-state index contributed by atoms with van der Waals surface area (Å²) in [6.45, 7) is 3.91. The van der Waals surface area contributed by atoms with Crippen LogP contribution in [0.1, 0.15) is 284 Å². The van der Waals surface area contributed by atoms with Crippen LogP contribution < -0.4 is 0 Å². The molecule has 86 heavy (non-hydrogen) atoms. The average Bonchev–Trinajstić information content (AvgIpc) is 3.53. The molecule has 0 aromatic carbocycles. The summed E-state index contributed by atoms with van der Waals surface area (Å²) in [5.41, 5.74) is 0. The second-order valence-electron chi connectivity index (χ2n) is 22.5. The highest BCUT2D eigenvalue weighted by atomic mass is 16.6. The summed E-state index contributed by atoms with van der Waals surface area (Å²) < 4.78 is 10.8. The number of ether oxygens (including phenoxy) is 2. The van der Waals surface area contributed by atoms with Crippen LogP contribution in [-0.4, -0.2) is 36.4 Å². The topological polar surface area (TPSA) is 72.8 Å². The molecule has 0 rings (SSSR count). The molecule has 0 spiro atoms. The summed E-state index contributed by atoms with van der Waals surface area (Å²) in [6.07, 6.45) is 117. The fourth-order valence-corrected chi connectivity index (χ4v) is 9.24. The van der Waals surface area contributed by atoms with Crippen molar-refractivity contribution in [3.8, 4) is 0 Å². The molecule has 0 aliphatic carbocycles. The van der Waals surface area contributed by atoms with Gasteiger partial charge in [-0.05, 0) is 141 Å². The van der Waals surface area contributed by atoms with Crippen LogP contribution in [-0.2, 0) is 19.1 Å². The standard InChI is InChI=1S/C81H128O5/c1-3-5-7-9-11-13-15-17-19-21-23-25-27-29-31-33-35-37-39-40-42-44-46-48-50-52-54-56-58-60-62-64-66-68-70-72-74-76-81(84)86-79(77-82)78-85-80(83)75-73-71-69-67-65-63-61-59-57-55-53-51-49-47-45-43-41-38-36-34-32-30-28-26-24-22-20-18-16-14-12-10-8-6-4-2/h5-8,11-14,17-20,23-26,29-32,35-38,40,42-43,45-46,48-49,51,79,82H,3-4,9-10,15-16,21-22,27-28,33-34,39,41,44,47,50,52-78H2,1-2H3/b7-5-,8-6-,13-11-,14-12-,19-17-,20-18-,25-23-,26-24-,31-29-,32-30-,37-35-,38-36-,42-40-,45-43-,48-46-,51-49-. The molecule has 482 valence electrons. The predicted molar refractivity (Wildman–Crippen MR) is 379 cm³/mol. The van der Waals surface area contributed by atoms with Gasteiger partial charge in [0.2, 0.25) is 0 Å². The lowest BCUT2D eigenvalue weighted by atomic mass is 10.0. The highest BCUT2D eigenvalue weighted by Gasteiger charge is 2.16. The summed E-state index contributed by atoms with van der Waals surface area (Å²) in [4.78, 5) is 24.7. The summed E-state index contributed by atoms with van der Waals surface area (Å²) in [5.74, 6) is -0.605. The minimum absolute atomic E-state index is 0.0793. The van der Waals surface area contributed by atoms with Gasteiger partial charge in [0.05, 0.1) is 6.61 Å². The molecule has 0 aromatic rings. The molecule has 0 radical (unpaired) electrons. The van der Waals surface area contributed by atoms with Crippen LogP contribution in [0.4, 0.5) is 0 Å². The molecule has 0 amide bonds. The zero-order chi connectivity index (χ0) is 61.9. The highest BCUT2D eigenvalue weighted by molar-refractivity contribution is 5.70. The number of hydrogen-bond acceptors (Lipinski definition) is 5. The van der Waals surface area contributed by atoms with E-state index in [1.807, 2.05) is 0 Å². The first kappa shape index (κ1) is 80.7. The van der Waals surface area contributed by atoms with E-state index >= 15 is 0 Å². The van der Waals surface area contributed by atoms with Crippen molar-refractivity contribution < 1.29 is 24.2 Å². The Labute approximate surface area is 530 Å². The van der Waals surface area contributed by atoms with Crippen molar-refractivity contribution in [2.45, 2.75) is 290 Å². The fourth-order valence-electron chi connectivity index (χ4n) is 9.24. The number of allylic oxidation sites excluding steroid dienone is 32. The van der Waals surface area contributed by atoms with E-state index in [4.69, 9.17) is 9.47 Å². The molecule has 0 saturated carbocycles. The monoisotopic (exact) mass is 1180 g/mol. The van der Waals surface area contributed by atoms with E-state index in [2.05, 4.69) is 208 Å². The van der Waals surface area contributed by atoms with Crippen LogP contribution in [0.15, 0.2) is 194 Å². The van der Waals surface area contributed by atoms with Crippen LogP contribution >= 0.6 is 0 Å². The van der Waals surface area contributed by atoms with Crippen molar-refractivity contribution in [3.63, 3.8) is 0 Å². The molecule has 1 unspecified atom stereocenters. The van der Waals surface area contributed by atoms with Crippen molar-refractivity contribution in [2.24, 2.45) is 0 Å². The number of aliphatic hydroxyl groups is 1.